The molecule has 78 valence electrons. The summed E-state index contributed by atoms with van der Waals surface area (Å²) < 4.78 is 0. The van der Waals surface area contributed by atoms with E-state index in [1.807, 2.05) is 6.07 Å². The molecule has 1 saturated heterocycles. The van der Waals surface area contributed by atoms with E-state index < -0.39 is 0 Å². The minimum absolute atomic E-state index is 0.376. The SMILES string of the molecule is Clc1cc(C2=C[C@H]3CNC[C@@H]23)cnc1Cl. The third-order valence-electron chi connectivity index (χ3n) is 3.18. The first-order valence-electron chi connectivity index (χ1n) is 4.99. The van der Waals surface area contributed by atoms with E-state index in [2.05, 4.69) is 16.4 Å². The van der Waals surface area contributed by atoms with E-state index >= 15 is 0 Å². The predicted molar refractivity (Wildman–Crippen MR) is 62.1 cm³/mol. The van der Waals surface area contributed by atoms with Crippen LogP contribution in [0.5, 0.6) is 0 Å². The minimum atomic E-state index is 0.376. The summed E-state index contributed by atoms with van der Waals surface area (Å²) in [5.41, 5.74) is 2.46. The Balaban J connectivity index is 1.94. The van der Waals surface area contributed by atoms with Gasteiger partial charge in [0, 0.05) is 25.2 Å². The van der Waals surface area contributed by atoms with Gasteiger partial charge in [0.25, 0.3) is 0 Å². The van der Waals surface area contributed by atoms with Crippen LogP contribution in [-0.4, -0.2) is 18.1 Å². The lowest BCUT2D eigenvalue weighted by atomic mass is 9.74. The summed E-state index contributed by atoms with van der Waals surface area (Å²) in [5.74, 6) is 1.35. The highest BCUT2D eigenvalue weighted by atomic mass is 35.5. The second-order valence-corrected chi connectivity index (χ2v) is 4.81. The molecule has 1 aliphatic carbocycles. The third-order valence-corrected chi connectivity index (χ3v) is 3.87. The Morgan fingerprint density at radius 1 is 1.33 bits per heavy atom. The van der Waals surface area contributed by atoms with Crippen molar-refractivity contribution in [3.8, 4) is 0 Å². The van der Waals surface area contributed by atoms with Crippen LogP contribution in [0.3, 0.4) is 0 Å². The topological polar surface area (TPSA) is 24.9 Å². The van der Waals surface area contributed by atoms with Crippen molar-refractivity contribution in [2.24, 2.45) is 11.8 Å². The first-order valence-corrected chi connectivity index (χ1v) is 5.75. The zero-order chi connectivity index (χ0) is 10.4. The maximum Gasteiger partial charge on any atom is 0.147 e. The summed E-state index contributed by atoms with van der Waals surface area (Å²) in [7, 11) is 0. The van der Waals surface area contributed by atoms with E-state index in [1.54, 1.807) is 6.20 Å². The van der Waals surface area contributed by atoms with Gasteiger partial charge >= 0.3 is 0 Å². The Hall–Kier alpha value is -0.570. The molecule has 0 saturated carbocycles. The number of pyridine rings is 1. The van der Waals surface area contributed by atoms with E-state index in [0.29, 0.717) is 22.0 Å². The van der Waals surface area contributed by atoms with Crippen molar-refractivity contribution in [2.45, 2.75) is 0 Å². The minimum Gasteiger partial charge on any atom is -0.315 e. The lowest BCUT2D eigenvalue weighted by Gasteiger charge is -2.29. The smallest absolute Gasteiger partial charge is 0.147 e. The van der Waals surface area contributed by atoms with E-state index in [4.69, 9.17) is 23.2 Å². The number of hydrogen-bond acceptors (Lipinski definition) is 2. The molecule has 0 unspecified atom stereocenters. The fourth-order valence-electron chi connectivity index (χ4n) is 2.34. The summed E-state index contributed by atoms with van der Waals surface area (Å²) in [6, 6.07) is 1.90. The van der Waals surface area contributed by atoms with Crippen molar-refractivity contribution in [3.63, 3.8) is 0 Å². The molecule has 3 rings (SSSR count). The Kier molecular flexibility index (Phi) is 2.23. The zero-order valence-corrected chi connectivity index (χ0v) is 9.52. The maximum absolute atomic E-state index is 5.94. The number of nitrogens with zero attached hydrogens (tertiary/aromatic N) is 1. The van der Waals surface area contributed by atoms with Gasteiger partial charge in [-0.25, -0.2) is 4.98 Å². The van der Waals surface area contributed by atoms with Crippen molar-refractivity contribution in [1.82, 2.24) is 10.3 Å². The molecule has 1 aliphatic heterocycles. The fraction of sp³-hybridized carbons (Fsp3) is 0.364. The highest BCUT2D eigenvalue weighted by Crippen LogP contribution is 2.42. The number of nitrogens with one attached hydrogen (secondary N) is 1. The van der Waals surface area contributed by atoms with Gasteiger partial charge in [-0.15, -0.1) is 0 Å². The molecule has 2 heterocycles. The zero-order valence-electron chi connectivity index (χ0n) is 8.00. The molecule has 2 nitrogen and oxygen atoms in total. The van der Waals surface area contributed by atoms with Crippen LogP contribution in [0.25, 0.3) is 5.57 Å². The number of aromatic nitrogens is 1. The Morgan fingerprint density at radius 3 is 2.93 bits per heavy atom. The van der Waals surface area contributed by atoms with Gasteiger partial charge < -0.3 is 5.32 Å². The lowest BCUT2D eigenvalue weighted by Crippen LogP contribution is -2.22. The van der Waals surface area contributed by atoms with Crippen molar-refractivity contribution in [2.75, 3.05) is 13.1 Å². The normalized spacial score (nSPS) is 28.3. The van der Waals surface area contributed by atoms with E-state index in [9.17, 15) is 0 Å². The maximum atomic E-state index is 5.94. The molecular weight excluding hydrogens is 231 g/mol. The molecule has 0 amide bonds. The van der Waals surface area contributed by atoms with Gasteiger partial charge in [0.15, 0.2) is 0 Å². The molecule has 0 aromatic carbocycles. The molecule has 2 atom stereocenters. The van der Waals surface area contributed by atoms with Crippen LogP contribution >= 0.6 is 23.2 Å². The molecule has 15 heavy (non-hydrogen) atoms. The van der Waals surface area contributed by atoms with Crippen LogP contribution in [0.15, 0.2) is 18.3 Å². The van der Waals surface area contributed by atoms with Crippen molar-refractivity contribution < 1.29 is 0 Å². The molecular formula is C11H10Cl2N2. The van der Waals surface area contributed by atoms with Crippen LogP contribution in [-0.2, 0) is 0 Å². The van der Waals surface area contributed by atoms with Gasteiger partial charge in [-0.05, 0) is 23.1 Å². The van der Waals surface area contributed by atoms with Gasteiger partial charge in [0.1, 0.15) is 5.15 Å². The van der Waals surface area contributed by atoms with Gasteiger partial charge in [-0.1, -0.05) is 29.3 Å². The second kappa shape index (κ2) is 3.48. The van der Waals surface area contributed by atoms with Crippen molar-refractivity contribution in [1.29, 1.82) is 0 Å². The molecule has 0 spiro atoms. The van der Waals surface area contributed by atoms with Gasteiger partial charge in [0.05, 0.1) is 5.02 Å². The molecule has 4 heteroatoms. The molecule has 2 aliphatic rings. The van der Waals surface area contributed by atoms with Crippen LogP contribution in [0.4, 0.5) is 0 Å². The van der Waals surface area contributed by atoms with Gasteiger partial charge in [-0.3, -0.25) is 0 Å². The number of halogens is 2. The molecule has 1 aromatic rings. The summed E-state index contributed by atoms with van der Waals surface area (Å²) >= 11 is 11.7. The molecule has 1 fully saturated rings. The predicted octanol–water partition coefficient (Wildman–Crippen LogP) is 2.62. The van der Waals surface area contributed by atoms with Crippen LogP contribution in [0, 0.1) is 11.8 Å². The quantitative estimate of drug-likeness (QED) is 0.764. The van der Waals surface area contributed by atoms with Crippen molar-refractivity contribution in [3.05, 3.63) is 34.1 Å². The summed E-state index contributed by atoms with van der Waals surface area (Å²) in [4.78, 5) is 4.07. The largest absolute Gasteiger partial charge is 0.315 e. The highest BCUT2D eigenvalue weighted by molar-refractivity contribution is 6.41. The van der Waals surface area contributed by atoms with E-state index in [1.165, 1.54) is 5.57 Å². The van der Waals surface area contributed by atoms with E-state index in [0.717, 1.165) is 18.7 Å². The van der Waals surface area contributed by atoms with Crippen LogP contribution < -0.4 is 5.32 Å². The van der Waals surface area contributed by atoms with E-state index in [-0.39, 0.29) is 0 Å². The van der Waals surface area contributed by atoms with Gasteiger partial charge in [-0.2, -0.15) is 0 Å². The van der Waals surface area contributed by atoms with Gasteiger partial charge in [0.2, 0.25) is 0 Å². The average molecular weight is 241 g/mol. The molecule has 0 radical (unpaired) electrons. The van der Waals surface area contributed by atoms with Crippen LogP contribution in [0.2, 0.25) is 10.2 Å². The lowest BCUT2D eigenvalue weighted by molar-refractivity contribution is 0.564. The third kappa shape index (κ3) is 1.48. The first-order chi connectivity index (χ1) is 7.25. The molecule has 1 N–H and O–H groups in total. The Bertz CT molecular complexity index is 442. The molecule has 0 bridgehead atoms. The monoisotopic (exact) mass is 240 g/mol. The fourth-order valence-corrected chi connectivity index (χ4v) is 2.61. The summed E-state index contributed by atoms with van der Waals surface area (Å²) in [6.45, 7) is 2.17. The first kappa shape index (κ1) is 9.64. The Morgan fingerprint density at radius 2 is 2.20 bits per heavy atom. The highest BCUT2D eigenvalue weighted by Gasteiger charge is 2.36. The van der Waals surface area contributed by atoms with Crippen LogP contribution in [0.1, 0.15) is 5.56 Å². The summed E-state index contributed by atoms with van der Waals surface area (Å²) in [6.07, 6.45) is 4.10. The Labute approximate surface area is 98.3 Å². The second-order valence-electron chi connectivity index (χ2n) is 4.05. The molecule has 1 aromatic heterocycles. The number of fused-ring (bicyclic) bond motifs is 1. The average Bonchev–Trinajstić information content (AvgIpc) is 2.54. The van der Waals surface area contributed by atoms with Crippen molar-refractivity contribution >= 4 is 28.8 Å². The standard InChI is InChI=1S/C11H10Cl2N2/c12-10-2-7(4-15-11(10)13)8-1-6-3-14-5-9(6)8/h1-2,4,6,9,14H,3,5H2/t6-,9+/m0/s1. The summed E-state index contributed by atoms with van der Waals surface area (Å²) in [5, 5.41) is 4.29. The number of rotatable bonds is 1. The number of hydrogen-bond donors (Lipinski definition) is 1.